The van der Waals surface area contributed by atoms with E-state index in [1.54, 1.807) is 0 Å². The van der Waals surface area contributed by atoms with E-state index in [4.69, 9.17) is 0 Å². The quantitative estimate of drug-likeness (QED) is 0.148. The molecule has 1 heteroatoms. The van der Waals surface area contributed by atoms with Crippen LogP contribution in [0.3, 0.4) is 0 Å². The van der Waals surface area contributed by atoms with Crippen molar-refractivity contribution in [2.45, 2.75) is 47.0 Å². The van der Waals surface area contributed by atoms with Crippen LogP contribution in [0.2, 0.25) is 0 Å². The highest BCUT2D eigenvalue weighted by Gasteiger charge is 2.35. The molecule has 0 N–H and O–H groups in total. The summed E-state index contributed by atoms with van der Waals surface area (Å²) >= 11 is 0. The van der Waals surface area contributed by atoms with Gasteiger partial charge in [-0.15, -0.1) is 0 Å². The summed E-state index contributed by atoms with van der Waals surface area (Å²) in [6.45, 7) is 13.3. The second kappa shape index (κ2) is 16.9. The van der Waals surface area contributed by atoms with Crippen LogP contribution in [0.5, 0.6) is 0 Å². The van der Waals surface area contributed by atoms with Crippen LogP contribution in [0.15, 0.2) is 206 Å². The second-order valence-electron chi connectivity index (χ2n) is 15.1. The van der Waals surface area contributed by atoms with Gasteiger partial charge in [0.2, 0.25) is 0 Å². The Kier molecular flexibility index (Phi) is 11.4. The summed E-state index contributed by atoms with van der Waals surface area (Å²) in [7, 11) is 0. The fourth-order valence-corrected chi connectivity index (χ4v) is 7.82. The van der Waals surface area contributed by atoms with Gasteiger partial charge in [-0.05, 0) is 136 Å². The Balaban J connectivity index is 0.000000288. The summed E-state index contributed by atoms with van der Waals surface area (Å²) in [5.74, 6) is 0. The van der Waals surface area contributed by atoms with Crippen LogP contribution >= 0.6 is 0 Å². The molecule has 0 saturated carbocycles. The van der Waals surface area contributed by atoms with E-state index in [1.807, 2.05) is 0 Å². The van der Waals surface area contributed by atoms with Gasteiger partial charge in [0.1, 0.15) is 0 Å². The van der Waals surface area contributed by atoms with Crippen LogP contribution < -0.4 is 4.90 Å². The first-order valence-corrected chi connectivity index (χ1v) is 19.6. The molecule has 8 rings (SSSR count). The smallest absolute Gasteiger partial charge is 0.0496 e. The molecule has 0 bridgehead atoms. The highest BCUT2D eigenvalue weighted by molar-refractivity contribution is 5.84. The molecule has 56 heavy (non-hydrogen) atoms. The van der Waals surface area contributed by atoms with Crippen molar-refractivity contribution in [3.8, 4) is 33.4 Å². The maximum Gasteiger partial charge on any atom is 0.0496 e. The van der Waals surface area contributed by atoms with E-state index in [0.29, 0.717) is 0 Å². The van der Waals surface area contributed by atoms with Crippen molar-refractivity contribution in [2.24, 2.45) is 0 Å². The molecule has 0 amide bonds. The Morgan fingerprint density at radius 3 is 1.39 bits per heavy atom. The topological polar surface area (TPSA) is 3.24 Å². The third kappa shape index (κ3) is 8.14. The zero-order valence-corrected chi connectivity index (χ0v) is 33.5. The zero-order valence-electron chi connectivity index (χ0n) is 33.5. The lowest BCUT2D eigenvalue weighted by atomic mass is 9.74. The average Bonchev–Trinajstić information content (AvgIpc) is 3.24. The number of benzene rings is 7. The number of hydrogen-bond acceptors (Lipinski definition) is 1. The fraction of sp³-hybridized carbons (Fsp3) is 0.127. The van der Waals surface area contributed by atoms with Gasteiger partial charge < -0.3 is 4.90 Å². The largest absolute Gasteiger partial charge is 0.317 e. The SMILES string of the molecule is C\C=C(/C=C(C)\C=C\N1c2ccccc2C(C)(C)c2ccccc21)c1cc(-c2ccccc2)cc(-c2ccccc2)c1.Cc1ccccc1-c1ccccc1C. The lowest BCUT2D eigenvalue weighted by molar-refractivity contribution is 0.631. The minimum Gasteiger partial charge on any atom is -0.317 e. The summed E-state index contributed by atoms with van der Waals surface area (Å²) < 4.78 is 0. The third-order valence-electron chi connectivity index (χ3n) is 10.9. The minimum absolute atomic E-state index is 0.0548. The van der Waals surface area contributed by atoms with Gasteiger partial charge in [0.05, 0.1) is 0 Å². The number of aryl methyl sites for hydroxylation is 2. The van der Waals surface area contributed by atoms with Crippen LogP contribution in [-0.4, -0.2) is 0 Å². The van der Waals surface area contributed by atoms with Crippen molar-refractivity contribution in [1.29, 1.82) is 0 Å². The third-order valence-corrected chi connectivity index (χ3v) is 10.9. The first-order valence-electron chi connectivity index (χ1n) is 19.6. The molecule has 1 aliphatic heterocycles. The van der Waals surface area contributed by atoms with Crippen LogP contribution in [0, 0.1) is 13.8 Å². The summed E-state index contributed by atoms with van der Waals surface area (Å²) in [5, 5.41) is 0. The Labute approximate surface area is 334 Å². The van der Waals surface area contributed by atoms with Gasteiger partial charge in [0.15, 0.2) is 0 Å². The summed E-state index contributed by atoms with van der Waals surface area (Å²) in [5.41, 5.74) is 18.9. The van der Waals surface area contributed by atoms with E-state index in [9.17, 15) is 0 Å². The van der Waals surface area contributed by atoms with Crippen molar-refractivity contribution in [2.75, 3.05) is 4.90 Å². The molecule has 1 aliphatic rings. The first kappa shape index (κ1) is 37.9. The number of allylic oxidation sites excluding steroid dienone is 5. The Morgan fingerprint density at radius 1 is 0.500 bits per heavy atom. The molecule has 0 aliphatic carbocycles. The average molecular weight is 726 g/mol. The van der Waals surface area contributed by atoms with Gasteiger partial charge in [0.25, 0.3) is 0 Å². The molecular formula is C55H51N. The molecule has 0 fully saturated rings. The Hall–Kier alpha value is -6.44. The van der Waals surface area contributed by atoms with Crippen LogP contribution in [-0.2, 0) is 5.41 Å². The van der Waals surface area contributed by atoms with E-state index < -0.39 is 0 Å². The van der Waals surface area contributed by atoms with Crippen molar-refractivity contribution < 1.29 is 0 Å². The van der Waals surface area contributed by atoms with Crippen molar-refractivity contribution in [3.05, 3.63) is 234 Å². The lowest BCUT2D eigenvalue weighted by Gasteiger charge is -2.40. The lowest BCUT2D eigenvalue weighted by Crippen LogP contribution is -2.30. The first-order chi connectivity index (χ1) is 27.2. The van der Waals surface area contributed by atoms with Gasteiger partial charge in [-0.1, -0.05) is 172 Å². The second-order valence-corrected chi connectivity index (χ2v) is 15.1. The highest BCUT2D eigenvalue weighted by Crippen LogP contribution is 2.48. The molecule has 7 aromatic rings. The predicted molar refractivity (Wildman–Crippen MR) is 242 cm³/mol. The maximum absolute atomic E-state index is 2.34. The predicted octanol–water partition coefficient (Wildman–Crippen LogP) is 15.3. The molecule has 0 unspecified atom stereocenters. The molecule has 0 aromatic heterocycles. The highest BCUT2D eigenvalue weighted by atomic mass is 15.1. The molecular weight excluding hydrogens is 675 g/mol. The summed E-state index contributed by atoms with van der Waals surface area (Å²) in [6.07, 6.45) is 8.96. The number of anilines is 2. The number of hydrogen-bond donors (Lipinski definition) is 0. The minimum atomic E-state index is -0.0548. The van der Waals surface area contributed by atoms with Gasteiger partial charge in [0, 0.05) is 23.0 Å². The van der Waals surface area contributed by atoms with Crippen LogP contribution in [0.1, 0.15) is 55.5 Å². The number of nitrogens with zero attached hydrogens (tertiary/aromatic N) is 1. The molecule has 0 spiro atoms. The Bertz CT molecular complexity index is 2380. The van der Waals surface area contributed by atoms with Crippen LogP contribution in [0.4, 0.5) is 11.4 Å². The molecule has 0 radical (unpaired) electrons. The van der Waals surface area contributed by atoms with E-state index in [0.717, 1.165) is 0 Å². The molecule has 1 nitrogen and oxygen atoms in total. The normalized spacial score (nSPS) is 13.4. The number of para-hydroxylation sites is 2. The monoisotopic (exact) mass is 725 g/mol. The van der Waals surface area contributed by atoms with Crippen molar-refractivity contribution in [1.82, 2.24) is 0 Å². The van der Waals surface area contributed by atoms with Gasteiger partial charge >= 0.3 is 0 Å². The van der Waals surface area contributed by atoms with E-state index >= 15 is 0 Å². The summed E-state index contributed by atoms with van der Waals surface area (Å²) in [4.78, 5) is 2.34. The standard InChI is InChI=1S/C41H37N.C14H14/c1-5-31(34-27-35(32-16-8-6-9-17-32)29-36(28-34)33-18-10-7-11-19-33)26-30(2)24-25-42-39-22-14-12-20-37(39)41(3,4)38-21-13-15-23-40(38)42;1-11-7-3-5-9-13(11)14-10-6-4-8-12(14)2/h5-29H,1-4H3;3-10H,1-2H3/b25-24+,30-26-,31-5+;. The van der Waals surface area contributed by atoms with E-state index in [1.165, 1.54) is 83.7 Å². The summed E-state index contributed by atoms with van der Waals surface area (Å²) in [6, 6.07) is 62.8. The van der Waals surface area contributed by atoms with Gasteiger partial charge in [-0.3, -0.25) is 0 Å². The van der Waals surface area contributed by atoms with Gasteiger partial charge in [-0.25, -0.2) is 0 Å². The van der Waals surface area contributed by atoms with E-state index in [2.05, 4.69) is 247 Å². The number of rotatable bonds is 7. The fourth-order valence-electron chi connectivity index (χ4n) is 7.82. The van der Waals surface area contributed by atoms with Crippen molar-refractivity contribution in [3.63, 3.8) is 0 Å². The molecule has 276 valence electrons. The van der Waals surface area contributed by atoms with E-state index in [-0.39, 0.29) is 5.41 Å². The zero-order chi connectivity index (χ0) is 39.1. The maximum atomic E-state index is 2.34. The molecule has 0 saturated heterocycles. The molecule has 7 aromatic carbocycles. The Morgan fingerprint density at radius 2 is 0.929 bits per heavy atom. The number of fused-ring (bicyclic) bond motifs is 2. The van der Waals surface area contributed by atoms with Gasteiger partial charge in [-0.2, -0.15) is 0 Å². The molecule has 1 heterocycles. The van der Waals surface area contributed by atoms with Crippen LogP contribution in [0.25, 0.3) is 39.0 Å². The molecule has 0 atom stereocenters. The van der Waals surface area contributed by atoms with Crippen molar-refractivity contribution >= 4 is 16.9 Å².